The molecule has 1 N–H and O–H groups in total. The lowest BCUT2D eigenvalue weighted by molar-refractivity contribution is 0.180. The van der Waals surface area contributed by atoms with Crippen LogP contribution in [-0.2, 0) is 12.0 Å². The average Bonchev–Trinajstić information content (AvgIpc) is 3.35. The lowest BCUT2D eigenvalue weighted by Gasteiger charge is -2.39. The molecule has 2 aromatic heterocycles. The Morgan fingerprint density at radius 1 is 1.05 bits per heavy atom. The molecule has 4 heterocycles. The van der Waals surface area contributed by atoms with E-state index >= 15 is 0 Å². The van der Waals surface area contributed by atoms with E-state index in [1.807, 2.05) is 47.4 Å². The summed E-state index contributed by atoms with van der Waals surface area (Å²) in [7, 11) is 0. The van der Waals surface area contributed by atoms with Crippen molar-refractivity contribution >= 4 is 29.4 Å². The van der Waals surface area contributed by atoms with E-state index < -0.39 is 5.95 Å². The lowest BCUT2D eigenvalue weighted by atomic mass is 9.73. The van der Waals surface area contributed by atoms with Gasteiger partial charge in [0.15, 0.2) is 0 Å². The Labute approximate surface area is 255 Å². The number of piperidine rings is 1. The molecule has 216 valence electrons. The van der Waals surface area contributed by atoms with Crippen molar-refractivity contribution in [1.82, 2.24) is 20.2 Å². The number of benzene rings is 2. The van der Waals surface area contributed by atoms with E-state index in [-0.39, 0.29) is 18.0 Å². The molecule has 1 fully saturated rings. The highest BCUT2D eigenvalue weighted by Gasteiger charge is 2.46. The van der Waals surface area contributed by atoms with E-state index in [9.17, 15) is 9.18 Å². The summed E-state index contributed by atoms with van der Waals surface area (Å²) in [5, 5.41) is 12.9. The monoisotopic (exact) mass is 592 g/mol. The van der Waals surface area contributed by atoms with Crippen LogP contribution in [0, 0.1) is 17.3 Å². The number of halogens is 2. The van der Waals surface area contributed by atoms with E-state index in [0.717, 1.165) is 65.4 Å². The fourth-order valence-electron chi connectivity index (χ4n) is 5.99. The summed E-state index contributed by atoms with van der Waals surface area (Å²) < 4.78 is 13.6. The Kier molecular flexibility index (Phi) is 8.19. The third-order valence-corrected chi connectivity index (χ3v) is 8.62. The number of pyridine rings is 2. The number of aromatic nitrogens is 2. The molecule has 6 rings (SSSR count). The Bertz CT molecular complexity index is 1690. The van der Waals surface area contributed by atoms with Crippen LogP contribution in [-0.4, -0.2) is 47.1 Å². The van der Waals surface area contributed by atoms with Crippen molar-refractivity contribution in [2.24, 2.45) is 0 Å². The molecule has 2 aliphatic rings. The highest BCUT2D eigenvalue weighted by Crippen LogP contribution is 2.48. The summed E-state index contributed by atoms with van der Waals surface area (Å²) >= 11 is 6.01. The summed E-state index contributed by atoms with van der Waals surface area (Å²) in [5.74, 6) is -0.572. The number of carbonyl (C=O) groups is 1. The molecule has 1 spiro atoms. The fraction of sp³-hybridized carbons (Fsp3) is 0.235. The minimum atomic E-state index is -0.572. The number of likely N-dealkylation sites (tertiary alicyclic amines) is 1. The first-order valence-electron chi connectivity index (χ1n) is 14.2. The molecule has 4 aromatic rings. The highest BCUT2D eigenvalue weighted by atomic mass is 35.5. The number of rotatable bonds is 6. The predicted molar refractivity (Wildman–Crippen MR) is 166 cm³/mol. The second kappa shape index (κ2) is 12.3. The van der Waals surface area contributed by atoms with Gasteiger partial charge in [0.2, 0.25) is 5.95 Å². The molecule has 7 nitrogen and oxygen atoms in total. The first kappa shape index (κ1) is 28.5. The number of anilines is 1. The standard InChI is InChI=1S/C34H30ClFN6O/c35-28-7-3-24(4-8-28)2-1-15-41-16-12-34(13-17-41)23-42(33(43)40-21-25-11-14-38-32(36)18-25)31-10-6-26(19-30(31)34)27-5-9-29(20-37)39-22-27/h1-11,14,18-19,22H,12-13,15-17,21,23H2,(H,40,43)/b2-1+. The zero-order chi connectivity index (χ0) is 29.8. The van der Waals surface area contributed by atoms with Gasteiger partial charge in [-0.1, -0.05) is 42.0 Å². The SMILES string of the molecule is N#Cc1ccc(-c2ccc3c(c2)C2(CCN(C/C=C/c4ccc(Cl)cc4)CC2)CN3C(=O)NCc2ccnc(F)c2)cn1. The van der Waals surface area contributed by atoms with Gasteiger partial charge in [0.05, 0.1) is 0 Å². The number of nitrogens with one attached hydrogen (secondary N) is 1. The van der Waals surface area contributed by atoms with Crippen LogP contribution in [0.2, 0.25) is 5.02 Å². The number of fused-ring (bicyclic) bond motifs is 2. The lowest BCUT2D eigenvalue weighted by Crippen LogP contribution is -2.47. The van der Waals surface area contributed by atoms with Crippen LogP contribution < -0.4 is 10.2 Å². The van der Waals surface area contributed by atoms with Gasteiger partial charge in [0.1, 0.15) is 11.8 Å². The maximum Gasteiger partial charge on any atom is 0.322 e. The molecule has 9 heteroatoms. The Morgan fingerprint density at radius 3 is 2.56 bits per heavy atom. The number of hydrogen-bond acceptors (Lipinski definition) is 5. The second-order valence-corrected chi connectivity index (χ2v) is 11.5. The van der Waals surface area contributed by atoms with Gasteiger partial charge in [0, 0.05) is 53.7 Å². The fourth-order valence-corrected chi connectivity index (χ4v) is 6.12. The molecule has 0 unspecified atom stereocenters. The highest BCUT2D eigenvalue weighted by molar-refractivity contribution is 6.30. The first-order chi connectivity index (χ1) is 20.9. The molecule has 0 atom stereocenters. The van der Waals surface area contributed by atoms with Crippen molar-refractivity contribution in [3.63, 3.8) is 0 Å². The summed E-state index contributed by atoms with van der Waals surface area (Å²) in [6, 6.07) is 22.5. The number of amides is 2. The summed E-state index contributed by atoms with van der Waals surface area (Å²) in [5.41, 5.74) is 5.90. The molecule has 2 amide bonds. The van der Waals surface area contributed by atoms with Crippen molar-refractivity contribution in [1.29, 1.82) is 5.26 Å². The van der Waals surface area contributed by atoms with Crippen LogP contribution >= 0.6 is 11.6 Å². The first-order valence-corrected chi connectivity index (χ1v) is 14.6. The number of hydrogen-bond donors (Lipinski definition) is 1. The van der Waals surface area contributed by atoms with Crippen LogP contribution in [0.25, 0.3) is 17.2 Å². The van der Waals surface area contributed by atoms with Gasteiger partial charge >= 0.3 is 6.03 Å². The molecular weight excluding hydrogens is 563 g/mol. The van der Waals surface area contributed by atoms with E-state index in [4.69, 9.17) is 16.9 Å². The summed E-state index contributed by atoms with van der Waals surface area (Å²) in [4.78, 5) is 25.6. The van der Waals surface area contributed by atoms with Crippen molar-refractivity contribution in [2.75, 3.05) is 31.1 Å². The maximum absolute atomic E-state index is 13.6. The molecule has 0 aliphatic carbocycles. The smallest absolute Gasteiger partial charge is 0.322 e. The normalized spacial score (nSPS) is 15.9. The number of urea groups is 1. The average molecular weight is 593 g/mol. The van der Waals surface area contributed by atoms with Gasteiger partial charge in [-0.15, -0.1) is 0 Å². The summed E-state index contributed by atoms with van der Waals surface area (Å²) in [6.07, 6.45) is 9.23. The molecule has 1 saturated heterocycles. The Morgan fingerprint density at radius 2 is 1.84 bits per heavy atom. The van der Waals surface area contributed by atoms with Crippen LogP contribution in [0.1, 0.15) is 35.2 Å². The van der Waals surface area contributed by atoms with Gasteiger partial charge < -0.3 is 5.32 Å². The molecule has 0 radical (unpaired) electrons. The van der Waals surface area contributed by atoms with Crippen LogP contribution in [0.4, 0.5) is 14.9 Å². The molecule has 0 saturated carbocycles. The third-order valence-electron chi connectivity index (χ3n) is 8.37. The van der Waals surface area contributed by atoms with E-state index in [2.05, 4.69) is 44.5 Å². The van der Waals surface area contributed by atoms with Gasteiger partial charge in [-0.2, -0.15) is 9.65 Å². The minimum absolute atomic E-state index is 0.193. The predicted octanol–water partition coefficient (Wildman–Crippen LogP) is 6.58. The topological polar surface area (TPSA) is 85.2 Å². The van der Waals surface area contributed by atoms with E-state index in [1.54, 1.807) is 18.3 Å². The van der Waals surface area contributed by atoms with Crippen LogP contribution in [0.5, 0.6) is 0 Å². The zero-order valence-electron chi connectivity index (χ0n) is 23.5. The molecule has 2 aromatic carbocycles. The van der Waals surface area contributed by atoms with Crippen molar-refractivity contribution in [2.45, 2.75) is 24.8 Å². The van der Waals surface area contributed by atoms with Crippen molar-refractivity contribution in [3.8, 4) is 17.2 Å². The molecular formula is C34H30ClFN6O. The number of nitrogens with zero attached hydrogens (tertiary/aromatic N) is 5. The second-order valence-electron chi connectivity index (χ2n) is 11.0. The van der Waals surface area contributed by atoms with E-state index in [1.165, 1.54) is 12.3 Å². The van der Waals surface area contributed by atoms with Crippen LogP contribution in [0.3, 0.4) is 0 Å². The Balaban J connectivity index is 1.22. The minimum Gasteiger partial charge on any atom is -0.334 e. The summed E-state index contributed by atoms with van der Waals surface area (Å²) in [6.45, 7) is 3.43. The van der Waals surface area contributed by atoms with Gasteiger partial charge in [-0.3, -0.25) is 9.80 Å². The van der Waals surface area contributed by atoms with E-state index in [0.29, 0.717) is 17.8 Å². The molecule has 2 aliphatic heterocycles. The zero-order valence-corrected chi connectivity index (χ0v) is 24.3. The van der Waals surface area contributed by atoms with Crippen molar-refractivity contribution in [3.05, 3.63) is 119 Å². The van der Waals surface area contributed by atoms with Gasteiger partial charge in [-0.25, -0.2) is 14.8 Å². The van der Waals surface area contributed by atoms with Gasteiger partial charge in [0.25, 0.3) is 0 Å². The maximum atomic E-state index is 13.6. The molecule has 43 heavy (non-hydrogen) atoms. The Hall–Kier alpha value is -4.58. The largest absolute Gasteiger partial charge is 0.334 e. The van der Waals surface area contributed by atoms with Crippen molar-refractivity contribution < 1.29 is 9.18 Å². The third kappa shape index (κ3) is 6.29. The quantitative estimate of drug-likeness (QED) is 0.256. The van der Waals surface area contributed by atoms with Gasteiger partial charge in [-0.05, 0) is 96.7 Å². The molecule has 0 bridgehead atoms. The number of carbonyl (C=O) groups excluding carboxylic acids is 1. The van der Waals surface area contributed by atoms with Crippen LogP contribution in [0.15, 0.2) is 85.2 Å². The number of nitriles is 1.